The number of nitrogens with one attached hydrogen (secondary N) is 1. The molecular weight excluding hydrogens is 464 g/mol. The van der Waals surface area contributed by atoms with Crippen molar-refractivity contribution in [2.24, 2.45) is 0 Å². The van der Waals surface area contributed by atoms with Crippen LogP contribution in [0.15, 0.2) is 53.0 Å². The van der Waals surface area contributed by atoms with Crippen molar-refractivity contribution in [1.29, 1.82) is 0 Å². The van der Waals surface area contributed by atoms with Gasteiger partial charge >= 0.3 is 0 Å². The maximum atomic E-state index is 13.4. The third kappa shape index (κ3) is 3.73. The molecule has 2 heterocycles. The highest BCUT2D eigenvalue weighted by Gasteiger charge is 2.19. The number of carbonyl (C=O) groups is 1. The number of aromatic nitrogens is 3. The van der Waals surface area contributed by atoms with E-state index < -0.39 is 0 Å². The molecule has 152 valence electrons. The van der Waals surface area contributed by atoms with Gasteiger partial charge in [-0.2, -0.15) is 5.10 Å². The lowest BCUT2D eigenvalue weighted by molar-refractivity contribution is 0.102. The van der Waals surface area contributed by atoms with Crippen LogP contribution in [0.4, 0.5) is 5.69 Å². The molecule has 0 saturated heterocycles. The predicted molar refractivity (Wildman–Crippen MR) is 125 cm³/mol. The van der Waals surface area contributed by atoms with Gasteiger partial charge < -0.3 is 5.32 Å². The van der Waals surface area contributed by atoms with Crippen molar-refractivity contribution in [1.82, 2.24) is 14.8 Å². The van der Waals surface area contributed by atoms with Crippen LogP contribution >= 0.6 is 27.5 Å². The van der Waals surface area contributed by atoms with Crippen LogP contribution in [0.1, 0.15) is 28.7 Å². The van der Waals surface area contributed by atoms with Gasteiger partial charge in [0.1, 0.15) is 0 Å². The van der Waals surface area contributed by atoms with Gasteiger partial charge in [-0.05, 0) is 45.0 Å². The van der Waals surface area contributed by atoms with E-state index in [0.29, 0.717) is 27.2 Å². The molecule has 5 nitrogen and oxygen atoms in total. The Labute approximate surface area is 188 Å². The van der Waals surface area contributed by atoms with E-state index in [2.05, 4.69) is 26.3 Å². The van der Waals surface area contributed by atoms with Crippen LogP contribution in [-0.2, 0) is 6.54 Å². The molecule has 0 aliphatic carbocycles. The monoisotopic (exact) mass is 482 g/mol. The summed E-state index contributed by atoms with van der Waals surface area (Å²) in [4.78, 5) is 18.1. The minimum absolute atomic E-state index is 0.220. The summed E-state index contributed by atoms with van der Waals surface area (Å²) >= 11 is 9.94. The van der Waals surface area contributed by atoms with Crippen molar-refractivity contribution in [3.63, 3.8) is 0 Å². The topological polar surface area (TPSA) is 59.8 Å². The molecule has 4 aromatic rings. The van der Waals surface area contributed by atoms with Gasteiger partial charge in [0.05, 0.1) is 38.9 Å². The molecule has 0 aliphatic heterocycles. The number of nitrogens with zero attached hydrogens (tertiary/aromatic N) is 3. The Kier molecular flexibility index (Phi) is 5.62. The summed E-state index contributed by atoms with van der Waals surface area (Å²) in [5.41, 5.74) is 5.13. The van der Waals surface area contributed by atoms with Crippen molar-refractivity contribution in [3.8, 4) is 11.3 Å². The van der Waals surface area contributed by atoms with Gasteiger partial charge in [-0.15, -0.1) is 0 Å². The van der Waals surface area contributed by atoms with Gasteiger partial charge in [0.2, 0.25) is 0 Å². The van der Waals surface area contributed by atoms with E-state index in [1.807, 2.05) is 67.9 Å². The first-order valence-electron chi connectivity index (χ1n) is 9.59. The third-order valence-corrected chi connectivity index (χ3v) is 5.87. The second-order valence-electron chi connectivity index (χ2n) is 7.02. The summed E-state index contributed by atoms with van der Waals surface area (Å²) in [6, 6.07) is 15.1. The second-order valence-corrected chi connectivity index (χ2v) is 8.34. The summed E-state index contributed by atoms with van der Waals surface area (Å²) in [7, 11) is 0. The number of anilines is 1. The molecule has 0 spiro atoms. The van der Waals surface area contributed by atoms with Crippen molar-refractivity contribution < 1.29 is 4.79 Å². The number of carbonyl (C=O) groups excluding carboxylic acids is 1. The van der Waals surface area contributed by atoms with Gasteiger partial charge in [0, 0.05) is 22.0 Å². The third-order valence-electron chi connectivity index (χ3n) is 5.07. The minimum Gasteiger partial charge on any atom is -0.319 e. The Morgan fingerprint density at radius 2 is 1.93 bits per heavy atom. The molecule has 0 unspecified atom stereocenters. The number of rotatable bonds is 4. The molecule has 0 atom stereocenters. The summed E-state index contributed by atoms with van der Waals surface area (Å²) in [5.74, 6) is -0.220. The van der Waals surface area contributed by atoms with Gasteiger partial charge in [-0.3, -0.25) is 9.48 Å². The van der Waals surface area contributed by atoms with Crippen LogP contribution in [0.2, 0.25) is 5.02 Å². The Bertz CT molecular complexity index is 1280. The first kappa shape index (κ1) is 20.6. The fourth-order valence-corrected chi connectivity index (χ4v) is 4.18. The molecule has 0 saturated carbocycles. The van der Waals surface area contributed by atoms with E-state index in [0.717, 1.165) is 33.7 Å². The van der Waals surface area contributed by atoms with E-state index >= 15 is 0 Å². The Balaban J connectivity index is 1.86. The van der Waals surface area contributed by atoms with Crippen LogP contribution in [0.5, 0.6) is 0 Å². The number of pyridine rings is 1. The molecule has 1 amide bonds. The summed E-state index contributed by atoms with van der Waals surface area (Å²) < 4.78 is 2.81. The van der Waals surface area contributed by atoms with Crippen molar-refractivity contribution in [2.45, 2.75) is 27.3 Å². The molecule has 30 heavy (non-hydrogen) atoms. The van der Waals surface area contributed by atoms with E-state index in [-0.39, 0.29) is 5.91 Å². The molecule has 1 N–H and O–H groups in total. The maximum absolute atomic E-state index is 13.4. The molecule has 0 bridgehead atoms. The van der Waals surface area contributed by atoms with Crippen LogP contribution in [0.25, 0.3) is 22.2 Å². The van der Waals surface area contributed by atoms with E-state index in [1.165, 1.54) is 0 Å². The number of aryl methyl sites for hydroxylation is 2. The van der Waals surface area contributed by atoms with Gasteiger partial charge in [-0.1, -0.05) is 51.8 Å². The average molecular weight is 484 g/mol. The normalized spacial score (nSPS) is 11.1. The smallest absolute Gasteiger partial charge is 0.256 e. The molecule has 0 fully saturated rings. The quantitative estimate of drug-likeness (QED) is 0.365. The molecule has 0 radical (unpaired) electrons. The molecule has 2 aromatic carbocycles. The lowest BCUT2D eigenvalue weighted by Crippen LogP contribution is -2.14. The number of fused-ring (bicyclic) bond motifs is 1. The molecule has 2 aromatic heterocycles. The van der Waals surface area contributed by atoms with Crippen molar-refractivity contribution >= 4 is 50.0 Å². The number of benzene rings is 2. The Morgan fingerprint density at radius 3 is 2.63 bits per heavy atom. The highest BCUT2D eigenvalue weighted by atomic mass is 79.9. The largest absolute Gasteiger partial charge is 0.319 e. The van der Waals surface area contributed by atoms with Gasteiger partial charge in [-0.25, -0.2) is 4.98 Å². The summed E-state index contributed by atoms with van der Waals surface area (Å²) in [5, 5.41) is 8.75. The van der Waals surface area contributed by atoms with Gasteiger partial charge in [0.15, 0.2) is 0 Å². The summed E-state index contributed by atoms with van der Waals surface area (Å²) in [6.45, 7) is 6.60. The predicted octanol–water partition coefficient (Wildman–Crippen LogP) is 6.40. The number of amides is 1. The van der Waals surface area contributed by atoms with Crippen LogP contribution in [0.3, 0.4) is 0 Å². The Hall–Kier alpha value is -2.70. The first-order chi connectivity index (χ1) is 14.4. The number of para-hydroxylation sites is 1. The van der Waals surface area contributed by atoms with Gasteiger partial charge in [0.25, 0.3) is 5.91 Å². The van der Waals surface area contributed by atoms with Crippen molar-refractivity contribution in [3.05, 3.63) is 75.0 Å². The van der Waals surface area contributed by atoms with Crippen LogP contribution in [-0.4, -0.2) is 20.7 Å². The zero-order chi connectivity index (χ0) is 21.4. The van der Waals surface area contributed by atoms with Crippen LogP contribution < -0.4 is 5.32 Å². The number of hydrogen-bond acceptors (Lipinski definition) is 3. The standard InChI is InChI=1S/C23H20BrClN4O/c1-4-29-14(3)21(13(2)28-29)27-23(30)18-12-20(15-7-5-8-16(24)11-15)26-22-17(18)9-6-10-19(22)25/h5-12H,4H2,1-3H3,(H,27,30). The minimum atomic E-state index is -0.220. The van der Waals surface area contributed by atoms with Crippen molar-refractivity contribution in [2.75, 3.05) is 5.32 Å². The maximum Gasteiger partial charge on any atom is 0.256 e. The first-order valence-corrected chi connectivity index (χ1v) is 10.8. The molecular formula is C23H20BrClN4O. The average Bonchev–Trinajstić information content (AvgIpc) is 3.01. The van der Waals surface area contributed by atoms with E-state index in [9.17, 15) is 4.79 Å². The highest BCUT2D eigenvalue weighted by molar-refractivity contribution is 9.10. The zero-order valence-corrected chi connectivity index (χ0v) is 19.2. The molecule has 4 rings (SSSR count). The fraction of sp³-hybridized carbons (Fsp3) is 0.174. The zero-order valence-electron chi connectivity index (χ0n) is 16.8. The highest BCUT2D eigenvalue weighted by Crippen LogP contribution is 2.31. The number of hydrogen-bond donors (Lipinski definition) is 1. The molecule has 0 aliphatic rings. The second kappa shape index (κ2) is 8.20. The van der Waals surface area contributed by atoms with E-state index in [4.69, 9.17) is 16.6 Å². The summed E-state index contributed by atoms with van der Waals surface area (Å²) in [6.07, 6.45) is 0. The molecule has 7 heteroatoms. The Morgan fingerprint density at radius 1 is 1.17 bits per heavy atom. The SMILES string of the molecule is CCn1nc(C)c(NC(=O)c2cc(-c3cccc(Br)c3)nc3c(Cl)cccc23)c1C. The fourth-order valence-electron chi connectivity index (χ4n) is 3.56. The van der Waals surface area contributed by atoms with Crippen LogP contribution in [0, 0.1) is 13.8 Å². The lowest BCUT2D eigenvalue weighted by Gasteiger charge is -2.12. The lowest BCUT2D eigenvalue weighted by atomic mass is 10.0. The van der Waals surface area contributed by atoms with E-state index in [1.54, 1.807) is 6.07 Å². The number of halogens is 2.